The Morgan fingerprint density at radius 1 is 1.35 bits per heavy atom. The van der Waals surface area contributed by atoms with Crippen molar-refractivity contribution in [3.8, 4) is 5.75 Å². The van der Waals surface area contributed by atoms with Gasteiger partial charge in [0.15, 0.2) is 0 Å². The topological polar surface area (TPSA) is 59.1 Å². The Morgan fingerprint density at radius 2 is 2.17 bits per heavy atom. The zero-order valence-electron chi connectivity index (χ0n) is 13.6. The van der Waals surface area contributed by atoms with Crippen LogP contribution in [-0.4, -0.2) is 69.4 Å². The van der Waals surface area contributed by atoms with Gasteiger partial charge in [-0.05, 0) is 24.1 Å². The number of benzene rings is 1. The van der Waals surface area contributed by atoms with Gasteiger partial charge in [0, 0.05) is 26.2 Å². The van der Waals surface area contributed by atoms with Crippen LogP contribution in [0.2, 0.25) is 0 Å². The first-order valence-electron chi connectivity index (χ1n) is 7.91. The second-order valence-electron chi connectivity index (χ2n) is 6.23. The molecule has 2 heterocycles. The van der Waals surface area contributed by atoms with Crippen molar-refractivity contribution in [2.24, 2.45) is 0 Å². The van der Waals surface area contributed by atoms with Crippen molar-refractivity contribution in [1.82, 2.24) is 9.21 Å². The van der Waals surface area contributed by atoms with Crippen LogP contribution in [0.25, 0.3) is 0 Å². The molecule has 0 radical (unpaired) electrons. The number of fused-ring (bicyclic) bond motifs is 1. The summed E-state index contributed by atoms with van der Waals surface area (Å²) in [4.78, 5) is 2.29. The Balaban J connectivity index is 1.71. The Kier molecular flexibility index (Phi) is 4.91. The van der Waals surface area contributed by atoms with Crippen LogP contribution in [0.3, 0.4) is 0 Å². The van der Waals surface area contributed by atoms with E-state index in [9.17, 15) is 8.42 Å². The van der Waals surface area contributed by atoms with Crippen molar-refractivity contribution in [1.29, 1.82) is 0 Å². The highest BCUT2D eigenvalue weighted by atomic mass is 32.2. The molecule has 2 atom stereocenters. The van der Waals surface area contributed by atoms with Gasteiger partial charge in [-0.25, -0.2) is 8.42 Å². The predicted molar refractivity (Wildman–Crippen MR) is 88.0 cm³/mol. The number of hydrogen-bond acceptors (Lipinski definition) is 5. The fraction of sp³-hybridized carbons (Fsp3) is 0.625. The molecule has 23 heavy (non-hydrogen) atoms. The van der Waals surface area contributed by atoms with Crippen molar-refractivity contribution in [3.05, 3.63) is 29.8 Å². The molecule has 0 aromatic heterocycles. The number of rotatable bonds is 4. The lowest BCUT2D eigenvalue weighted by Gasteiger charge is -2.45. The van der Waals surface area contributed by atoms with E-state index < -0.39 is 10.0 Å². The smallest absolute Gasteiger partial charge is 0.211 e. The van der Waals surface area contributed by atoms with Crippen molar-refractivity contribution >= 4 is 10.0 Å². The number of sulfonamides is 1. The minimum atomic E-state index is -3.20. The molecule has 0 saturated carbocycles. The average Bonchev–Trinajstić information content (AvgIpc) is 2.53. The summed E-state index contributed by atoms with van der Waals surface area (Å²) < 4.78 is 36.7. The van der Waals surface area contributed by atoms with Gasteiger partial charge in [-0.3, -0.25) is 4.90 Å². The van der Waals surface area contributed by atoms with E-state index in [0.29, 0.717) is 19.7 Å². The molecule has 2 fully saturated rings. The largest absolute Gasteiger partial charge is 0.497 e. The second-order valence-corrected chi connectivity index (χ2v) is 8.16. The summed E-state index contributed by atoms with van der Waals surface area (Å²) in [6.45, 7) is 3.35. The minimum Gasteiger partial charge on any atom is -0.497 e. The highest BCUT2D eigenvalue weighted by molar-refractivity contribution is 7.88. The molecule has 2 saturated heterocycles. The molecular formula is C16H24N2O4S. The van der Waals surface area contributed by atoms with E-state index in [2.05, 4.69) is 11.0 Å². The number of ether oxygens (including phenoxy) is 2. The summed E-state index contributed by atoms with van der Waals surface area (Å²) in [6, 6.07) is 7.92. The monoisotopic (exact) mass is 340 g/mol. The summed E-state index contributed by atoms with van der Waals surface area (Å²) in [7, 11) is -1.54. The third-order valence-corrected chi connectivity index (χ3v) is 5.89. The number of morpholine rings is 1. The van der Waals surface area contributed by atoms with Gasteiger partial charge in [0.05, 0.1) is 32.1 Å². The fourth-order valence-electron chi connectivity index (χ4n) is 3.49. The molecular weight excluding hydrogens is 316 g/mol. The number of likely N-dealkylation sites (tertiary alicyclic amines) is 1. The number of nitrogens with zero attached hydrogens (tertiary/aromatic N) is 2. The molecule has 7 heteroatoms. The molecule has 0 unspecified atom stereocenters. The Hall–Kier alpha value is -1.15. The van der Waals surface area contributed by atoms with Gasteiger partial charge in [-0.15, -0.1) is 0 Å². The lowest BCUT2D eigenvalue weighted by Crippen LogP contribution is -2.60. The molecule has 0 amide bonds. The Bertz CT molecular complexity index is 649. The van der Waals surface area contributed by atoms with Crippen LogP contribution < -0.4 is 4.74 Å². The molecule has 3 rings (SSSR count). The molecule has 0 N–H and O–H groups in total. The van der Waals surface area contributed by atoms with Crippen molar-refractivity contribution in [2.45, 2.75) is 25.1 Å². The van der Waals surface area contributed by atoms with Crippen LogP contribution in [0.1, 0.15) is 12.0 Å². The van der Waals surface area contributed by atoms with E-state index >= 15 is 0 Å². The van der Waals surface area contributed by atoms with Gasteiger partial charge < -0.3 is 9.47 Å². The maximum absolute atomic E-state index is 12.0. The zero-order chi connectivity index (χ0) is 16.4. The predicted octanol–water partition coefficient (Wildman–Crippen LogP) is 0.930. The van der Waals surface area contributed by atoms with E-state index in [1.54, 1.807) is 11.4 Å². The number of methoxy groups -OCH3 is 1. The first-order chi connectivity index (χ1) is 11.0. The van der Waals surface area contributed by atoms with E-state index in [0.717, 1.165) is 25.3 Å². The Labute approximate surface area is 138 Å². The highest BCUT2D eigenvalue weighted by Gasteiger charge is 2.40. The maximum Gasteiger partial charge on any atom is 0.211 e. The van der Waals surface area contributed by atoms with Gasteiger partial charge in [-0.1, -0.05) is 12.1 Å². The maximum atomic E-state index is 12.0. The summed E-state index contributed by atoms with van der Waals surface area (Å²) in [5.41, 5.74) is 1.17. The van der Waals surface area contributed by atoms with Crippen molar-refractivity contribution < 1.29 is 17.9 Å². The first-order valence-corrected chi connectivity index (χ1v) is 9.76. The molecule has 2 aliphatic heterocycles. The molecule has 0 aliphatic carbocycles. The molecule has 128 valence electrons. The quantitative estimate of drug-likeness (QED) is 0.816. The van der Waals surface area contributed by atoms with Gasteiger partial charge in [-0.2, -0.15) is 4.31 Å². The van der Waals surface area contributed by atoms with Gasteiger partial charge in [0.2, 0.25) is 10.0 Å². The van der Waals surface area contributed by atoms with Gasteiger partial charge in [0.25, 0.3) is 0 Å². The molecule has 6 nitrogen and oxygen atoms in total. The third-order valence-electron chi connectivity index (χ3n) is 4.58. The first kappa shape index (κ1) is 16.7. The standard InChI is InChI=1S/C16H24N2O4S/c1-21-14-5-3-4-13(10-14)11-17-7-6-16-15(12-17)18(8-9-22-16)23(2,19)20/h3-5,10,15-16H,6-9,11-12H2,1-2H3/t15-,16-/m0/s1. The van der Waals surface area contributed by atoms with Gasteiger partial charge >= 0.3 is 0 Å². The third kappa shape index (κ3) is 3.85. The molecule has 1 aromatic rings. The average molecular weight is 340 g/mol. The SMILES string of the molecule is COc1cccc(CN2CC[C@@H]3OCCN(S(C)(=O)=O)[C@H]3C2)c1. The van der Waals surface area contributed by atoms with E-state index in [4.69, 9.17) is 9.47 Å². The van der Waals surface area contributed by atoms with Crippen LogP contribution in [-0.2, 0) is 21.3 Å². The summed E-state index contributed by atoms with van der Waals surface area (Å²) in [6.07, 6.45) is 2.16. The van der Waals surface area contributed by atoms with Crippen LogP contribution in [0.5, 0.6) is 5.75 Å². The highest BCUT2D eigenvalue weighted by Crippen LogP contribution is 2.26. The lowest BCUT2D eigenvalue weighted by atomic mass is 10.00. The van der Waals surface area contributed by atoms with Gasteiger partial charge in [0.1, 0.15) is 5.75 Å². The van der Waals surface area contributed by atoms with Crippen molar-refractivity contribution in [3.63, 3.8) is 0 Å². The molecule has 2 aliphatic rings. The summed E-state index contributed by atoms with van der Waals surface area (Å²) in [5, 5.41) is 0. The van der Waals surface area contributed by atoms with Crippen LogP contribution in [0.15, 0.2) is 24.3 Å². The van der Waals surface area contributed by atoms with Crippen LogP contribution >= 0.6 is 0 Å². The summed E-state index contributed by atoms with van der Waals surface area (Å²) in [5.74, 6) is 0.844. The molecule has 0 bridgehead atoms. The van der Waals surface area contributed by atoms with E-state index in [1.165, 1.54) is 11.8 Å². The minimum absolute atomic E-state index is 0.0139. The van der Waals surface area contributed by atoms with Crippen molar-refractivity contribution in [2.75, 3.05) is 39.6 Å². The lowest BCUT2D eigenvalue weighted by molar-refractivity contribution is -0.0768. The molecule has 0 spiro atoms. The molecule has 1 aromatic carbocycles. The fourth-order valence-corrected chi connectivity index (χ4v) is 4.59. The summed E-state index contributed by atoms with van der Waals surface area (Å²) >= 11 is 0. The second kappa shape index (κ2) is 6.76. The normalized spacial score (nSPS) is 26.7. The zero-order valence-corrected chi connectivity index (χ0v) is 14.5. The Morgan fingerprint density at radius 3 is 2.91 bits per heavy atom. The number of hydrogen-bond donors (Lipinski definition) is 0. The van der Waals surface area contributed by atoms with E-state index in [-0.39, 0.29) is 12.1 Å². The van der Waals surface area contributed by atoms with E-state index in [1.807, 2.05) is 18.2 Å². The van der Waals surface area contributed by atoms with Crippen LogP contribution in [0, 0.1) is 0 Å². The van der Waals surface area contributed by atoms with Crippen LogP contribution in [0.4, 0.5) is 0 Å². The number of piperidine rings is 1.